The predicted molar refractivity (Wildman–Crippen MR) is 310 cm³/mol. The molecule has 0 bridgehead atoms. The fourth-order valence-electron chi connectivity index (χ4n) is 11.3. The Morgan fingerprint density at radius 1 is 0.286 bits per heavy atom. The molecule has 386 valence electrons. The standard InChI is InChI=1S/C70H30F3N11/c71-70(72,73)53-12-21-67(83-63-17-8-44(54-13-4-40(31-74)22-49(54)36-79)26-58(63)59-27-45(9-18-64(59)83)55-14-5-41(32-75)23-50(55)37-80)62(30-53)69-48(35-78)2-1-3-68(69)84-65-19-10-46(56-15-6-42(33-76)24-51(56)38-81)28-60(65)61-29-47(11-20-66(61)84)57-16-7-43(34-77)25-52(57)39-82/h1-30H. The van der Waals surface area contributed by atoms with E-state index >= 15 is 13.2 Å². The van der Waals surface area contributed by atoms with Gasteiger partial charge in [0.2, 0.25) is 0 Å². The molecule has 0 amide bonds. The van der Waals surface area contributed by atoms with Crippen LogP contribution in [0.3, 0.4) is 0 Å². The first kappa shape index (κ1) is 51.7. The lowest BCUT2D eigenvalue weighted by Crippen LogP contribution is -2.08. The minimum atomic E-state index is -4.86. The van der Waals surface area contributed by atoms with Crippen LogP contribution in [-0.2, 0) is 6.18 Å². The molecule has 2 heterocycles. The summed E-state index contributed by atoms with van der Waals surface area (Å²) in [5.74, 6) is 0. The molecule has 0 radical (unpaired) electrons. The van der Waals surface area contributed by atoms with Crippen molar-refractivity contribution in [1.82, 2.24) is 9.13 Å². The minimum Gasteiger partial charge on any atom is -0.309 e. The van der Waals surface area contributed by atoms with Crippen LogP contribution >= 0.6 is 0 Å². The molecule has 0 aliphatic carbocycles. The van der Waals surface area contributed by atoms with Gasteiger partial charge in [-0.3, -0.25) is 0 Å². The third kappa shape index (κ3) is 8.48. The zero-order chi connectivity index (χ0) is 58.6. The molecule has 0 N–H and O–H groups in total. The Morgan fingerprint density at radius 3 is 0.929 bits per heavy atom. The van der Waals surface area contributed by atoms with Crippen molar-refractivity contribution in [2.24, 2.45) is 0 Å². The second-order valence-corrected chi connectivity index (χ2v) is 19.6. The van der Waals surface area contributed by atoms with Gasteiger partial charge in [-0.1, -0.05) is 54.6 Å². The molecule has 0 fully saturated rings. The van der Waals surface area contributed by atoms with Crippen molar-refractivity contribution in [2.45, 2.75) is 6.18 Å². The van der Waals surface area contributed by atoms with Gasteiger partial charge in [0.1, 0.15) is 0 Å². The van der Waals surface area contributed by atoms with Crippen molar-refractivity contribution in [3.05, 3.63) is 238 Å². The Bertz CT molecular complexity index is 5060. The molecule has 0 saturated heterocycles. The van der Waals surface area contributed by atoms with Crippen molar-refractivity contribution in [2.75, 3.05) is 0 Å². The molecule has 0 saturated carbocycles. The monoisotopic (exact) mass is 1080 g/mol. The topological polar surface area (TPSA) is 224 Å². The Kier molecular flexibility index (Phi) is 12.5. The highest BCUT2D eigenvalue weighted by molar-refractivity contribution is 6.14. The molecule has 14 heteroatoms. The zero-order valence-corrected chi connectivity index (χ0v) is 43.4. The quantitative estimate of drug-likeness (QED) is 0.148. The van der Waals surface area contributed by atoms with Crippen molar-refractivity contribution in [3.8, 4) is 122 Å². The number of hydrogen-bond acceptors (Lipinski definition) is 9. The average Bonchev–Trinajstić information content (AvgIpc) is 1.74. The lowest BCUT2D eigenvalue weighted by molar-refractivity contribution is -0.137. The van der Waals surface area contributed by atoms with Crippen molar-refractivity contribution >= 4 is 43.6 Å². The van der Waals surface area contributed by atoms with E-state index in [1.807, 2.05) is 45.5 Å². The highest BCUT2D eigenvalue weighted by atomic mass is 19.4. The molecule has 12 rings (SSSR count). The summed E-state index contributed by atoms with van der Waals surface area (Å²) in [5, 5.41) is 93.6. The maximum absolute atomic E-state index is 15.4. The lowest BCUT2D eigenvalue weighted by atomic mass is 9.94. The van der Waals surface area contributed by atoms with Gasteiger partial charge in [-0.25, -0.2) is 0 Å². The second-order valence-electron chi connectivity index (χ2n) is 19.6. The zero-order valence-electron chi connectivity index (χ0n) is 43.4. The van der Waals surface area contributed by atoms with E-state index in [9.17, 15) is 47.4 Å². The SMILES string of the molecule is N#Cc1ccc(-c2ccc3c(c2)c2cc(-c4ccc(C#N)cc4C#N)ccc2n3-c2ccc(C(F)(F)F)cc2-c2c(C#N)cccc2-n2c3ccc(-c4ccc(C#N)cc4C#N)cc3c3cc(-c4ccc(C#N)cc4C#N)ccc32)c(C#N)c1. The van der Waals surface area contributed by atoms with Crippen LogP contribution in [0.1, 0.15) is 55.6 Å². The normalized spacial score (nSPS) is 10.9. The molecule has 84 heavy (non-hydrogen) atoms. The smallest absolute Gasteiger partial charge is 0.309 e. The lowest BCUT2D eigenvalue weighted by Gasteiger charge is -2.21. The van der Waals surface area contributed by atoms with E-state index in [1.54, 1.807) is 97.1 Å². The number of hydrogen-bond donors (Lipinski definition) is 0. The Hall–Kier alpha value is -13.0. The third-order valence-corrected chi connectivity index (χ3v) is 15.1. The Morgan fingerprint density at radius 2 is 0.619 bits per heavy atom. The van der Waals surface area contributed by atoms with Crippen molar-refractivity contribution in [3.63, 3.8) is 0 Å². The molecule has 12 aromatic rings. The van der Waals surface area contributed by atoms with Gasteiger partial charge < -0.3 is 9.13 Å². The van der Waals surface area contributed by atoms with E-state index in [0.717, 1.165) is 12.1 Å². The summed E-state index contributed by atoms with van der Waals surface area (Å²) in [5.41, 5.74) is 8.54. The average molecular weight is 1080 g/mol. The Labute approximate surface area is 476 Å². The van der Waals surface area contributed by atoms with E-state index in [4.69, 9.17) is 0 Å². The van der Waals surface area contributed by atoms with Crippen LogP contribution in [0.2, 0.25) is 0 Å². The van der Waals surface area contributed by atoms with E-state index in [0.29, 0.717) is 93.8 Å². The molecule has 10 aromatic carbocycles. The summed E-state index contributed by atoms with van der Waals surface area (Å²) in [4.78, 5) is 0. The molecule has 0 unspecified atom stereocenters. The number of nitriles is 9. The summed E-state index contributed by atoms with van der Waals surface area (Å²) >= 11 is 0. The van der Waals surface area contributed by atoms with Gasteiger partial charge in [0, 0.05) is 32.7 Å². The third-order valence-electron chi connectivity index (χ3n) is 15.1. The first-order chi connectivity index (χ1) is 40.8. The highest BCUT2D eigenvalue weighted by Gasteiger charge is 2.33. The summed E-state index contributed by atoms with van der Waals surface area (Å²) in [6.07, 6.45) is -4.86. The number of alkyl halides is 3. The van der Waals surface area contributed by atoms with Gasteiger partial charge in [-0.05, 0) is 172 Å². The number of nitrogens with zero attached hydrogens (tertiary/aromatic N) is 11. The number of rotatable bonds is 7. The molecule has 11 nitrogen and oxygen atoms in total. The van der Waals surface area contributed by atoms with Crippen LogP contribution in [0, 0.1) is 102 Å². The van der Waals surface area contributed by atoms with Gasteiger partial charge in [-0.2, -0.15) is 60.5 Å². The first-order valence-corrected chi connectivity index (χ1v) is 25.6. The first-order valence-electron chi connectivity index (χ1n) is 25.6. The van der Waals surface area contributed by atoms with Gasteiger partial charge in [0.25, 0.3) is 0 Å². The maximum atomic E-state index is 15.4. The molecule has 2 aromatic heterocycles. The molecule has 0 atom stereocenters. The summed E-state index contributed by atoms with van der Waals surface area (Å²) in [6, 6.07) is 68.7. The molecular formula is C70H30F3N11. The van der Waals surface area contributed by atoms with Crippen LogP contribution in [0.4, 0.5) is 13.2 Å². The van der Waals surface area contributed by atoms with Crippen LogP contribution in [0.15, 0.2) is 182 Å². The largest absolute Gasteiger partial charge is 0.416 e. The number of benzene rings is 10. The Balaban J connectivity index is 1.17. The van der Waals surface area contributed by atoms with Gasteiger partial charge >= 0.3 is 6.18 Å². The highest BCUT2D eigenvalue weighted by Crippen LogP contribution is 2.47. The van der Waals surface area contributed by atoms with Gasteiger partial charge in [-0.15, -0.1) is 0 Å². The predicted octanol–water partition coefficient (Wildman–Crippen LogP) is 16.1. The number of halogens is 3. The maximum Gasteiger partial charge on any atom is 0.416 e. The summed E-state index contributed by atoms with van der Waals surface area (Å²) in [7, 11) is 0. The van der Waals surface area contributed by atoms with E-state index in [-0.39, 0.29) is 66.9 Å². The van der Waals surface area contributed by atoms with Crippen molar-refractivity contribution < 1.29 is 13.2 Å². The van der Waals surface area contributed by atoms with Crippen LogP contribution < -0.4 is 0 Å². The fourth-order valence-corrected chi connectivity index (χ4v) is 11.3. The second kappa shape index (κ2) is 20.3. The molecule has 0 aliphatic heterocycles. The molecular weight excluding hydrogens is 1050 g/mol. The summed E-state index contributed by atoms with van der Waals surface area (Å²) in [6.45, 7) is 0. The van der Waals surface area contributed by atoms with Gasteiger partial charge in [0.05, 0.1) is 144 Å². The molecule has 0 spiro atoms. The van der Waals surface area contributed by atoms with Gasteiger partial charge in [0.15, 0.2) is 0 Å². The van der Waals surface area contributed by atoms with E-state index in [2.05, 4.69) is 54.6 Å². The van der Waals surface area contributed by atoms with Crippen LogP contribution in [0.25, 0.3) is 111 Å². The molecule has 0 aliphatic rings. The van der Waals surface area contributed by atoms with E-state index < -0.39 is 11.7 Å². The number of fused-ring (bicyclic) bond motifs is 6. The van der Waals surface area contributed by atoms with Crippen LogP contribution in [0.5, 0.6) is 0 Å². The fraction of sp³-hybridized carbons (Fsp3) is 0.0143. The number of aromatic nitrogens is 2. The summed E-state index contributed by atoms with van der Waals surface area (Å²) < 4.78 is 49.8. The van der Waals surface area contributed by atoms with Crippen LogP contribution in [-0.4, -0.2) is 9.13 Å². The minimum absolute atomic E-state index is 0.0253. The van der Waals surface area contributed by atoms with Crippen molar-refractivity contribution in [1.29, 1.82) is 47.4 Å². The van der Waals surface area contributed by atoms with E-state index in [1.165, 1.54) is 36.4 Å².